The molecule has 1 amide bonds. The second-order valence-corrected chi connectivity index (χ2v) is 11.6. The summed E-state index contributed by atoms with van der Waals surface area (Å²) in [6.45, 7) is 4.42. The minimum Gasteiger partial charge on any atom is -0.367 e. The Morgan fingerprint density at radius 2 is 1.60 bits per heavy atom. The number of aromatic nitrogens is 2. The average molecular weight is 596 g/mol. The normalized spacial score (nSPS) is 18.5. The number of piperidine rings is 1. The molecule has 6 nitrogen and oxygen atoms in total. The molecule has 6 rings (SSSR count). The van der Waals surface area contributed by atoms with Gasteiger partial charge in [-0.05, 0) is 61.3 Å². The molecule has 2 fully saturated rings. The Morgan fingerprint density at radius 1 is 0.881 bits per heavy atom. The number of rotatable bonds is 6. The van der Waals surface area contributed by atoms with Crippen molar-refractivity contribution in [3.8, 4) is 0 Å². The van der Waals surface area contributed by atoms with Gasteiger partial charge in [0.1, 0.15) is 5.82 Å². The maximum atomic E-state index is 13.6. The topological polar surface area (TPSA) is 44.6 Å². The monoisotopic (exact) mass is 595 g/mol. The molecular weight excluding hydrogens is 563 g/mol. The van der Waals surface area contributed by atoms with Crippen molar-refractivity contribution < 1.29 is 18.0 Å². The van der Waals surface area contributed by atoms with Crippen LogP contribution in [0.4, 0.5) is 18.9 Å². The maximum Gasteiger partial charge on any atom is 0.418 e. The van der Waals surface area contributed by atoms with Gasteiger partial charge in [-0.1, -0.05) is 48.0 Å². The molecule has 3 heterocycles. The first-order valence-electron chi connectivity index (χ1n) is 14.4. The number of piperazine rings is 1. The van der Waals surface area contributed by atoms with E-state index in [2.05, 4.69) is 15.5 Å². The lowest BCUT2D eigenvalue weighted by molar-refractivity contribution is -0.139. The Labute approximate surface area is 248 Å². The van der Waals surface area contributed by atoms with Crippen LogP contribution in [0.5, 0.6) is 0 Å². The van der Waals surface area contributed by atoms with Gasteiger partial charge >= 0.3 is 6.18 Å². The highest BCUT2D eigenvalue weighted by Gasteiger charge is 2.36. The maximum absolute atomic E-state index is 13.6. The van der Waals surface area contributed by atoms with Gasteiger partial charge in [0.15, 0.2) is 0 Å². The van der Waals surface area contributed by atoms with E-state index >= 15 is 0 Å². The Morgan fingerprint density at radius 3 is 2.36 bits per heavy atom. The van der Waals surface area contributed by atoms with Crippen molar-refractivity contribution in [2.75, 3.05) is 44.2 Å². The van der Waals surface area contributed by atoms with Crippen LogP contribution < -0.4 is 4.90 Å². The highest BCUT2D eigenvalue weighted by atomic mass is 35.5. The van der Waals surface area contributed by atoms with Crippen LogP contribution in [0.15, 0.2) is 72.8 Å². The lowest BCUT2D eigenvalue weighted by atomic mass is 9.96. The predicted molar refractivity (Wildman–Crippen MR) is 159 cm³/mol. The smallest absolute Gasteiger partial charge is 0.367 e. The number of likely N-dealkylation sites (tertiary alicyclic amines) is 1. The van der Waals surface area contributed by atoms with Crippen molar-refractivity contribution in [3.05, 3.63) is 94.8 Å². The van der Waals surface area contributed by atoms with Crippen LogP contribution in [0.3, 0.4) is 0 Å². The molecule has 1 aromatic heterocycles. The molecular formula is C32H33ClF3N5O. The highest BCUT2D eigenvalue weighted by molar-refractivity contribution is 6.30. The van der Waals surface area contributed by atoms with E-state index in [-0.39, 0.29) is 17.5 Å². The molecule has 0 saturated carbocycles. The number of alkyl halides is 3. The van der Waals surface area contributed by atoms with E-state index in [0.29, 0.717) is 50.8 Å². The number of carbonyl (C=O) groups is 1. The van der Waals surface area contributed by atoms with Crippen molar-refractivity contribution in [3.63, 3.8) is 0 Å². The quantitative estimate of drug-likeness (QED) is 0.262. The first-order valence-corrected chi connectivity index (χ1v) is 14.7. The Kier molecular flexibility index (Phi) is 8.14. The molecule has 3 aromatic carbocycles. The average Bonchev–Trinajstić information content (AvgIpc) is 3.34. The zero-order valence-corrected chi connectivity index (χ0v) is 24.0. The van der Waals surface area contributed by atoms with E-state index in [1.165, 1.54) is 12.1 Å². The molecule has 220 valence electrons. The number of amides is 1. The standard InChI is InChI=1S/C32H33ClF3N5O/c33-25-13-11-23(12-14-25)20-41-29-10-4-2-8-27(29)37-30(41)22-38-15-5-6-24(21-38)31(42)40-18-16-39(17-19-40)28-9-3-1-7-26(28)32(34,35)36/h1-4,7-14,24H,5-6,15-22H2/t24-/m1/s1. The van der Waals surface area contributed by atoms with Crippen LogP contribution in [-0.2, 0) is 24.1 Å². The number of anilines is 1. The number of benzene rings is 3. The largest absolute Gasteiger partial charge is 0.418 e. The fourth-order valence-corrected chi connectivity index (χ4v) is 6.34. The Hall–Kier alpha value is -3.56. The fraction of sp³-hybridized carbons (Fsp3) is 0.375. The molecule has 0 unspecified atom stereocenters. The number of nitrogens with zero attached hydrogens (tertiary/aromatic N) is 5. The van der Waals surface area contributed by atoms with E-state index in [4.69, 9.17) is 16.6 Å². The number of hydrogen-bond acceptors (Lipinski definition) is 4. The second-order valence-electron chi connectivity index (χ2n) is 11.1. The summed E-state index contributed by atoms with van der Waals surface area (Å²) in [6, 6.07) is 21.6. The van der Waals surface area contributed by atoms with Crippen LogP contribution in [-0.4, -0.2) is 64.5 Å². The van der Waals surface area contributed by atoms with E-state index < -0.39 is 11.7 Å². The lowest BCUT2D eigenvalue weighted by Gasteiger charge is -2.40. The van der Waals surface area contributed by atoms with Crippen molar-refractivity contribution in [2.45, 2.75) is 32.1 Å². The van der Waals surface area contributed by atoms with Crippen LogP contribution in [0.2, 0.25) is 5.02 Å². The third-order valence-electron chi connectivity index (χ3n) is 8.35. The summed E-state index contributed by atoms with van der Waals surface area (Å²) >= 11 is 6.10. The van der Waals surface area contributed by atoms with Crippen molar-refractivity contribution in [1.29, 1.82) is 0 Å². The molecule has 0 aliphatic carbocycles. The van der Waals surface area contributed by atoms with Crippen LogP contribution in [0, 0.1) is 5.92 Å². The van der Waals surface area contributed by atoms with Crippen LogP contribution in [0.25, 0.3) is 11.0 Å². The molecule has 2 aliphatic rings. The molecule has 0 radical (unpaired) electrons. The van der Waals surface area contributed by atoms with Gasteiger partial charge in [-0.15, -0.1) is 0 Å². The molecule has 2 aliphatic heterocycles. The number of para-hydroxylation sites is 3. The highest BCUT2D eigenvalue weighted by Crippen LogP contribution is 2.37. The number of halogens is 4. The van der Waals surface area contributed by atoms with Crippen molar-refractivity contribution in [1.82, 2.24) is 19.4 Å². The summed E-state index contributed by atoms with van der Waals surface area (Å²) in [4.78, 5) is 24.4. The summed E-state index contributed by atoms with van der Waals surface area (Å²) < 4.78 is 42.9. The van der Waals surface area contributed by atoms with Gasteiger partial charge in [0.25, 0.3) is 0 Å². The molecule has 2 saturated heterocycles. The summed E-state index contributed by atoms with van der Waals surface area (Å²) in [6.07, 6.45) is -2.69. The van der Waals surface area contributed by atoms with Crippen molar-refractivity contribution >= 4 is 34.2 Å². The van der Waals surface area contributed by atoms with E-state index in [1.807, 2.05) is 47.4 Å². The van der Waals surface area contributed by atoms with Gasteiger partial charge in [0.05, 0.1) is 29.1 Å². The third-order valence-corrected chi connectivity index (χ3v) is 8.60. The number of hydrogen-bond donors (Lipinski definition) is 0. The zero-order valence-electron chi connectivity index (χ0n) is 23.2. The molecule has 10 heteroatoms. The lowest BCUT2D eigenvalue weighted by Crippen LogP contribution is -2.52. The van der Waals surface area contributed by atoms with Gasteiger partial charge in [-0.25, -0.2) is 4.98 Å². The van der Waals surface area contributed by atoms with Gasteiger partial charge < -0.3 is 14.4 Å². The summed E-state index contributed by atoms with van der Waals surface area (Å²) in [7, 11) is 0. The predicted octanol–water partition coefficient (Wildman–Crippen LogP) is 6.32. The molecule has 1 atom stereocenters. The second kappa shape index (κ2) is 12.0. The molecule has 4 aromatic rings. The van der Waals surface area contributed by atoms with Gasteiger partial charge in [0.2, 0.25) is 5.91 Å². The van der Waals surface area contributed by atoms with Crippen LogP contribution in [0.1, 0.15) is 29.8 Å². The minimum atomic E-state index is -4.41. The minimum absolute atomic E-state index is 0.0955. The SMILES string of the molecule is O=C([C@@H]1CCCN(Cc2nc3ccccc3n2Cc2ccc(Cl)cc2)C1)N1CCN(c2ccccc2C(F)(F)F)CC1. The first-order chi connectivity index (χ1) is 20.3. The summed E-state index contributed by atoms with van der Waals surface area (Å²) in [5.74, 6) is 0.913. The first kappa shape index (κ1) is 28.6. The Balaban J connectivity index is 1.12. The fourth-order valence-electron chi connectivity index (χ4n) is 6.21. The number of carbonyl (C=O) groups excluding carboxylic acids is 1. The Bertz CT molecular complexity index is 1550. The molecule has 0 spiro atoms. The van der Waals surface area contributed by atoms with E-state index in [1.54, 1.807) is 11.0 Å². The molecule has 0 bridgehead atoms. The molecule has 42 heavy (non-hydrogen) atoms. The van der Waals surface area contributed by atoms with Gasteiger partial charge in [-0.3, -0.25) is 9.69 Å². The third kappa shape index (κ3) is 6.13. The van der Waals surface area contributed by atoms with Crippen molar-refractivity contribution in [2.24, 2.45) is 5.92 Å². The van der Waals surface area contributed by atoms with Gasteiger partial charge in [-0.2, -0.15) is 13.2 Å². The molecule has 0 N–H and O–H groups in total. The van der Waals surface area contributed by atoms with E-state index in [9.17, 15) is 18.0 Å². The summed E-state index contributed by atoms with van der Waals surface area (Å²) in [5.41, 5.74) is 2.69. The van der Waals surface area contributed by atoms with Gasteiger partial charge in [0, 0.05) is 50.0 Å². The summed E-state index contributed by atoms with van der Waals surface area (Å²) in [5, 5.41) is 0.700. The zero-order chi connectivity index (χ0) is 29.3. The number of imidazole rings is 1. The van der Waals surface area contributed by atoms with Crippen LogP contribution >= 0.6 is 11.6 Å². The number of fused-ring (bicyclic) bond motifs is 1. The van der Waals surface area contributed by atoms with E-state index in [0.717, 1.165) is 47.9 Å².